The molecule has 0 saturated heterocycles. The standard InChI is InChI=1S/C14H10N5O2/c20-12-7-13(21)19(14(12)18-5-1-4-17-18)9-2-3-10-11(6-9)16-8-15-10/h1-6,8,14,20H,(H,15,16). The van der Waals surface area contributed by atoms with E-state index in [1.54, 1.807) is 36.9 Å². The van der Waals surface area contributed by atoms with E-state index in [0.717, 1.165) is 11.0 Å². The molecule has 3 heterocycles. The molecule has 3 aromatic rings. The average molecular weight is 280 g/mol. The lowest BCUT2D eigenvalue weighted by Crippen LogP contribution is -2.33. The first-order chi connectivity index (χ1) is 10.2. The van der Waals surface area contributed by atoms with Crippen LogP contribution in [0.15, 0.2) is 48.7 Å². The zero-order valence-electron chi connectivity index (χ0n) is 10.8. The van der Waals surface area contributed by atoms with Crippen LogP contribution in [0.1, 0.15) is 6.17 Å². The monoisotopic (exact) mass is 280 g/mol. The van der Waals surface area contributed by atoms with Crippen LogP contribution in [-0.2, 0) is 4.79 Å². The van der Waals surface area contributed by atoms with Gasteiger partial charge in [-0.25, -0.2) is 9.67 Å². The number of H-pyrrole nitrogens is 1. The summed E-state index contributed by atoms with van der Waals surface area (Å²) in [5.41, 5.74) is 2.24. The molecule has 1 radical (unpaired) electrons. The van der Waals surface area contributed by atoms with Gasteiger partial charge in [-0.05, 0) is 24.3 Å². The minimum atomic E-state index is -0.719. The number of aromatic amines is 1. The summed E-state index contributed by atoms with van der Waals surface area (Å²) in [5, 5.41) is 14.1. The fourth-order valence-corrected chi connectivity index (χ4v) is 2.47. The van der Waals surface area contributed by atoms with Crippen LogP contribution in [0.4, 0.5) is 5.69 Å². The van der Waals surface area contributed by atoms with Crippen LogP contribution in [0.5, 0.6) is 0 Å². The van der Waals surface area contributed by atoms with Crippen LogP contribution in [0.3, 0.4) is 0 Å². The second kappa shape index (κ2) is 4.20. The second-order valence-electron chi connectivity index (χ2n) is 4.65. The third kappa shape index (κ3) is 1.71. The number of aliphatic hydroxyl groups is 1. The quantitative estimate of drug-likeness (QED) is 0.745. The van der Waals surface area contributed by atoms with E-state index in [1.807, 2.05) is 6.07 Å². The highest BCUT2D eigenvalue weighted by Gasteiger charge is 2.36. The molecular formula is C14H10N5O2. The summed E-state index contributed by atoms with van der Waals surface area (Å²) in [4.78, 5) is 20.7. The van der Waals surface area contributed by atoms with E-state index in [0.29, 0.717) is 5.69 Å². The summed E-state index contributed by atoms with van der Waals surface area (Å²) >= 11 is 0. The first-order valence-electron chi connectivity index (χ1n) is 6.32. The molecule has 7 nitrogen and oxygen atoms in total. The number of carbonyl (C=O) groups excluding carboxylic acids is 1. The van der Waals surface area contributed by atoms with Gasteiger partial charge in [0.25, 0.3) is 5.91 Å². The Hall–Kier alpha value is -3.09. The highest BCUT2D eigenvalue weighted by atomic mass is 16.3. The summed E-state index contributed by atoms with van der Waals surface area (Å²) in [6, 6.07) is 7.13. The number of anilines is 1. The van der Waals surface area contributed by atoms with Crippen molar-refractivity contribution < 1.29 is 9.90 Å². The van der Waals surface area contributed by atoms with Crippen molar-refractivity contribution in [2.75, 3.05) is 4.90 Å². The number of nitrogens with one attached hydrogen (secondary N) is 1. The van der Waals surface area contributed by atoms with Gasteiger partial charge in [0.2, 0.25) is 0 Å². The highest BCUT2D eigenvalue weighted by molar-refractivity contribution is 6.03. The Morgan fingerprint density at radius 3 is 3.10 bits per heavy atom. The van der Waals surface area contributed by atoms with Crippen molar-refractivity contribution in [3.63, 3.8) is 0 Å². The molecule has 2 N–H and O–H groups in total. The predicted molar refractivity (Wildman–Crippen MR) is 74.2 cm³/mol. The molecule has 21 heavy (non-hydrogen) atoms. The van der Waals surface area contributed by atoms with Gasteiger partial charge < -0.3 is 10.1 Å². The van der Waals surface area contributed by atoms with Crippen molar-refractivity contribution in [1.29, 1.82) is 0 Å². The smallest absolute Gasteiger partial charge is 0.264 e. The minimum absolute atomic E-state index is 0.161. The van der Waals surface area contributed by atoms with Crippen molar-refractivity contribution >= 4 is 22.6 Å². The van der Waals surface area contributed by atoms with Crippen molar-refractivity contribution in [1.82, 2.24) is 19.7 Å². The number of amides is 1. The third-order valence-corrected chi connectivity index (χ3v) is 3.40. The fraction of sp³-hybridized carbons (Fsp3) is 0.0714. The lowest BCUT2D eigenvalue weighted by molar-refractivity contribution is -0.114. The van der Waals surface area contributed by atoms with E-state index in [-0.39, 0.29) is 5.76 Å². The Morgan fingerprint density at radius 1 is 1.38 bits per heavy atom. The van der Waals surface area contributed by atoms with E-state index in [2.05, 4.69) is 21.1 Å². The van der Waals surface area contributed by atoms with Crippen LogP contribution in [-0.4, -0.2) is 30.8 Å². The summed E-state index contributed by atoms with van der Waals surface area (Å²) in [6.45, 7) is 0. The van der Waals surface area contributed by atoms with Gasteiger partial charge in [-0.3, -0.25) is 9.69 Å². The number of hydrogen-bond acceptors (Lipinski definition) is 4. The SMILES string of the molecule is O=C1[C]=C(O)C(n2cccn2)N1c1ccc2[nH]cnc2c1. The van der Waals surface area contributed by atoms with E-state index >= 15 is 0 Å². The van der Waals surface area contributed by atoms with Gasteiger partial charge in [0.1, 0.15) is 0 Å². The highest BCUT2D eigenvalue weighted by Crippen LogP contribution is 2.33. The fourth-order valence-electron chi connectivity index (χ4n) is 2.47. The van der Waals surface area contributed by atoms with Crippen LogP contribution in [0, 0.1) is 6.08 Å². The lowest BCUT2D eigenvalue weighted by Gasteiger charge is -2.25. The van der Waals surface area contributed by atoms with E-state index in [1.165, 1.54) is 9.58 Å². The zero-order valence-corrected chi connectivity index (χ0v) is 10.8. The molecule has 1 unspecified atom stereocenters. The maximum Gasteiger partial charge on any atom is 0.264 e. The maximum absolute atomic E-state index is 12.1. The summed E-state index contributed by atoms with van der Waals surface area (Å²) in [7, 11) is 0. The van der Waals surface area contributed by atoms with Crippen LogP contribution in [0.2, 0.25) is 0 Å². The molecule has 2 aromatic heterocycles. The van der Waals surface area contributed by atoms with Gasteiger partial charge in [-0.1, -0.05) is 0 Å². The number of aliphatic hydroxyl groups excluding tert-OH is 1. The van der Waals surface area contributed by atoms with Gasteiger partial charge in [0.15, 0.2) is 11.9 Å². The van der Waals surface area contributed by atoms with E-state index in [9.17, 15) is 9.90 Å². The number of benzene rings is 1. The molecule has 1 atom stereocenters. The van der Waals surface area contributed by atoms with Crippen molar-refractivity contribution in [3.8, 4) is 0 Å². The molecule has 103 valence electrons. The molecule has 0 spiro atoms. The Balaban J connectivity index is 1.83. The molecule has 1 aliphatic rings. The molecule has 0 saturated carbocycles. The second-order valence-corrected chi connectivity index (χ2v) is 4.65. The van der Waals surface area contributed by atoms with Gasteiger partial charge in [0.05, 0.1) is 23.4 Å². The van der Waals surface area contributed by atoms with E-state index in [4.69, 9.17) is 0 Å². The molecular weight excluding hydrogens is 270 g/mol. The average Bonchev–Trinajstić information content (AvgIpc) is 3.17. The third-order valence-electron chi connectivity index (χ3n) is 3.40. The number of imidazole rings is 1. The predicted octanol–water partition coefficient (Wildman–Crippen LogP) is 1.55. The normalized spacial score (nSPS) is 18.5. The first-order valence-corrected chi connectivity index (χ1v) is 6.32. The Kier molecular flexibility index (Phi) is 2.34. The largest absolute Gasteiger partial charge is 0.507 e. The van der Waals surface area contributed by atoms with Crippen LogP contribution in [0.25, 0.3) is 11.0 Å². The van der Waals surface area contributed by atoms with Crippen molar-refractivity contribution in [2.24, 2.45) is 0 Å². The molecule has 1 aliphatic heterocycles. The Bertz CT molecular complexity index is 849. The molecule has 7 heteroatoms. The zero-order chi connectivity index (χ0) is 14.4. The number of aromatic nitrogens is 4. The summed E-state index contributed by atoms with van der Waals surface area (Å²) < 4.78 is 1.50. The number of hydrogen-bond donors (Lipinski definition) is 2. The molecule has 1 amide bonds. The topological polar surface area (TPSA) is 87.0 Å². The number of rotatable bonds is 2. The summed E-state index contributed by atoms with van der Waals surface area (Å²) in [5.74, 6) is -0.575. The lowest BCUT2D eigenvalue weighted by atomic mass is 10.2. The van der Waals surface area contributed by atoms with E-state index < -0.39 is 12.1 Å². The summed E-state index contributed by atoms with van der Waals surface area (Å²) in [6.07, 6.45) is 6.56. The van der Waals surface area contributed by atoms with Gasteiger partial charge in [0, 0.05) is 18.1 Å². The van der Waals surface area contributed by atoms with Crippen molar-refractivity contribution in [3.05, 3.63) is 54.8 Å². The Morgan fingerprint density at radius 2 is 2.29 bits per heavy atom. The van der Waals surface area contributed by atoms with Crippen LogP contribution >= 0.6 is 0 Å². The van der Waals surface area contributed by atoms with Gasteiger partial charge in [-0.2, -0.15) is 5.10 Å². The molecule has 0 bridgehead atoms. The number of nitrogens with zero attached hydrogens (tertiary/aromatic N) is 4. The minimum Gasteiger partial charge on any atom is -0.507 e. The maximum atomic E-state index is 12.1. The molecule has 0 fully saturated rings. The van der Waals surface area contributed by atoms with Gasteiger partial charge in [-0.15, -0.1) is 0 Å². The van der Waals surface area contributed by atoms with Gasteiger partial charge >= 0.3 is 0 Å². The van der Waals surface area contributed by atoms with Crippen LogP contribution < -0.4 is 4.90 Å². The molecule has 4 rings (SSSR count). The molecule has 0 aliphatic carbocycles. The Labute approximate surface area is 119 Å². The number of carbonyl (C=O) groups is 1. The first kappa shape index (κ1) is 11.7. The molecule has 1 aromatic carbocycles. The number of fused-ring (bicyclic) bond motifs is 1. The van der Waals surface area contributed by atoms with Crippen molar-refractivity contribution in [2.45, 2.75) is 6.17 Å².